The van der Waals surface area contributed by atoms with Crippen molar-refractivity contribution in [3.63, 3.8) is 0 Å². The molecule has 4 rings (SSSR count). The lowest BCUT2D eigenvalue weighted by molar-refractivity contribution is -0.670. The lowest BCUT2D eigenvalue weighted by atomic mass is 10.2. The minimum atomic E-state index is -0.445. The van der Waals surface area contributed by atoms with Crippen LogP contribution in [0.1, 0.15) is 18.4 Å². The Hall–Kier alpha value is -3.25. The highest BCUT2D eigenvalue weighted by Gasteiger charge is 2.25. The number of halogens is 1. The van der Waals surface area contributed by atoms with Crippen LogP contribution in [0.25, 0.3) is 22.1 Å². The first kappa shape index (κ1) is 19.1. The first-order valence-corrected chi connectivity index (χ1v) is 9.74. The zero-order valence-corrected chi connectivity index (χ0v) is 17.7. The molecule has 3 heterocycles. The summed E-state index contributed by atoms with van der Waals surface area (Å²) in [5, 5.41) is 0.942. The summed E-state index contributed by atoms with van der Waals surface area (Å²) in [6.45, 7) is 3.92. The van der Waals surface area contributed by atoms with Crippen molar-refractivity contribution in [3.8, 4) is 11.8 Å². The van der Waals surface area contributed by atoms with Gasteiger partial charge in [-0.3, -0.25) is 9.36 Å². The fraction of sp³-hybridized carbons (Fsp3) is 0.250. The monoisotopic (exact) mass is 453 g/mol. The van der Waals surface area contributed by atoms with E-state index in [-0.39, 0.29) is 6.54 Å². The lowest BCUT2D eigenvalue weighted by Gasteiger charge is -2.08. The highest BCUT2D eigenvalue weighted by Crippen LogP contribution is 2.15. The van der Waals surface area contributed by atoms with Crippen molar-refractivity contribution in [2.24, 2.45) is 7.05 Å². The average molecular weight is 454 g/mol. The number of hydrogen-bond acceptors (Lipinski definition) is 4. The molecule has 0 amide bonds. The summed E-state index contributed by atoms with van der Waals surface area (Å²) in [4.78, 5) is 38.2. The van der Waals surface area contributed by atoms with E-state index in [0.717, 1.165) is 21.2 Å². The van der Waals surface area contributed by atoms with Crippen molar-refractivity contribution in [1.29, 1.82) is 0 Å². The SMILES string of the molecule is CC#CC[n+]1c(Br)[nH]c2c1c(=O)n(Cc1nc(C)c3ccccc3n1)c(=O)n2C. The number of fused-ring (bicyclic) bond motifs is 2. The van der Waals surface area contributed by atoms with E-state index in [0.29, 0.717) is 28.3 Å². The molecule has 0 unspecified atom stereocenters. The molecule has 0 saturated carbocycles. The van der Waals surface area contributed by atoms with Gasteiger partial charge in [-0.25, -0.2) is 24.3 Å². The summed E-state index contributed by atoms with van der Waals surface area (Å²) in [5.41, 5.74) is 1.50. The zero-order valence-electron chi connectivity index (χ0n) is 16.2. The van der Waals surface area contributed by atoms with Crippen LogP contribution in [0.3, 0.4) is 0 Å². The van der Waals surface area contributed by atoms with Gasteiger partial charge in [0.05, 0.1) is 12.1 Å². The molecule has 0 aliphatic heterocycles. The summed E-state index contributed by atoms with van der Waals surface area (Å²) < 4.78 is 4.84. The van der Waals surface area contributed by atoms with E-state index < -0.39 is 11.2 Å². The lowest BCUT2D eigenvalue weighted by Crippen LogP contribution is -2.45. The second kappa shape index (κ2) is 7.29. The molecule has 0 aliphatic rings. The molecule has 146 valence electrons. The third-order valence-corrected chi connectivity index (χ3v) is 5.43. The molecule has 0 atom stereocenters. The van der Waals surface area contributed by atoms with Gasteiger partial charge in [0.25, 0.3) is 11.2 Å². The third-order valence-electron chi connectivity index (χ3n) is 4.81. The number of nitrogens with zero attached hydrogens (tertiary/aromatic N) is 5. The molecule has 0 radical (unpaired) electrons. The molecule has 0 saturated heterocycles. The standard InChI is InChI=1S/C20H17BrN6O2/c1-4-5-10-26-16-17(24-19(26)21)25(3)20(29)27(18(16)28)11-15-22-12(2)13-8-6-7-9-14(13)23-15/h6-9H,10-11H2,1-3H3/p+1. The minimum absolute atomic E-state index is 0.0185. The Kier molecular flexibility index (Phi) is 4.80. The fourth-order valence-electron chi connectivity index (χ4n) is 3.35. The van der Waals surface area contributed by atoms with Gasteiger partial charge < -0.3 is 0 Å². The second-order valence-electron chi connectivity index (χ2n) is 6.60. The summed E-state index contributed by atoms with van der Waals surface area (Å²) in [6.07, 6.45) is 0. The van der Waals surface area contributed by atoms with Crippen molar-refractivity contribution in [2.45, 2.75) is 26.9 Å². The maximum atomic E-state index is 13.2. The molecule has 3 aromatic heterocycles. The molecule has 9 heteroatoms. The van der Waals surface area contributed by atoms with Crippen LogP contribution >= 0.6 is 15.9 Å². The Balaban J connectivity index is 1.93. The molecule has 8 nitrogen and oxygen atoms in total. The maximum absolute atomic E-state index is 13.2. The topological polar surface area (TPSA) is 89.4 Å². The summed E-state index contributed by atoms with van der Waals surface area (Å²) in [5.74, 6) is 6.17. The molecule has 4 aromatic rings. The Morgan fingerprint density at radius 1 is 1.24 bits per heavy atom. The van der Waals surface area contributed by atoms with Crippen LogP contribution in [0.2, 0.25) is 0 Å². The van der Waals surface area contributed by atoms with Crippen LogP contribution in [0.15, 0.2) is 38.6 Å². The van der Waals surface area contributed by atoms with Crippen LogP contribution < -0.4 is 15.8 Å². The molecule has 1 aromatic carbocycles. The van der Waals surface area contributed by atoms with E-state index in [9.17, 15) is 9.59 Å². The van der Waals surface area contributed by atoms with Gasteiger partial charge in [0.1, 0.15) is 5.82 Å². The quantitative estimate of drug-likeness (QED) is 0.288. The van der Waals surface area contributed by atoms with Crippen molar-refractivity contribution in [3.05, 3.63) is 61.4 Å². The molecule has 0 aliphatic carbocycles. The van der Waals surface area contributed by atoms with Gasteiger partial charge in [-0.15, -0.1) is 5.92 Å². The smallest absolute Gasteiger partial charge is 0.264 e. The normalized spacial score (nSPS) is 11.0. The number of hydrogen-bond donors (Lipinski definition) is 1. The number of nitrogens with one attached hydrogen (secondary N) is 1. The maximum Gasteiger partial charge on any atom is 0.334 e. The van der Waals surface area contributed by atoms with E-state index in [1.54, 1.807) is 18.5 Å². The highest BCUT2D eigenvalue weighted by molar-refractivity contribution is 9.10. The Morgan fingerprint density at radius 2 is 2.00 bits per heavy atom. The molecular formula is C20H18BrN6O2+. The van der Waals surface area contributed by atoms with E-state index in [4.69, 9.17) is 0 Å². The van der Waals surface area contributed by atoms with Crippen molar-refractivity contribution < 1.29 is 4.57 Å². The minimum Gasteiger partial charge on any atom is -0.264 e. The third kappa shape index (κ3) is 3.15. The number of rotatable bonds is 3. The number of aromatic nitrogens is 6. The molecule has 1 N–H and O–H groups in total. The molecule has 0 fully saturated rings. The molecular weight excluding hydrogens is 436 g/mol. The number of imidazole rings is 1. The van der Waals surface area contributed by atoms with E-state index in [2.05, 4.69) is 42.7 Å². The van der Waals surface area contributed by atoms with Crippen LogP contribution in [0.4, 0.5) is 0 Å². The predicted molar refractivity (Wildman–Crippen MR) is 113 cm³/mol. The predicted octanol–water partition coefficient (Wildman–Crippen LogP) is 1.40. The Morgan fingerprint density at radius 3 is 2.76 bits per heavy atom. The van der Waals surface area contributed by atoms with Crippen molar-refractivity contribution >= 4 is 38.0 Å². The van der Waals surface area contributed by atoms with Crippen LogP contribution in [-0.2, 0) is 20.1 Å². The molecule has 0 bridgehead atoms. The van der Waals surface area contributed by atoms with E-state index >= 15 is 0 Å². The first-order chi connectivity index (χ1) is 13.9. The fourth-order valence-corrected chi connectivity index (χ4v) is 3.84. The summed E-state index contributed by atoms with van der Waals surface area (Å²) in [6, 6.07) is 7.65. The van der Waals surface area contributed by atoms with E-state index in [1.807, 2.05) is 31.2 Å². The number of para-hydroxylation sites is 1. The van der Waals surface area contributed by atoms with E-state index in [1.165, 1.54) is 4.57 Å². The van der Waals surface area contributed by atoms with Crippen molar-refractivity contribution in [2.75, 3.05) is 0 Å². The van der Waals surface area contributed by atoms with Gasteiger partial charge in [0.15, 0.2) is 6.54 Å². The van der Waals surface area contributed by atoms with Gasteiger partial charge in [-0.05, 0) is 19.9 Å². The van der Waals surface area contributed by atoms with Gasteiger partial charge >= 0.3 is 16.0 Å². The molecule has 29 heavy (non-hydrogen) atoms. The largest absolute Gasteiger partial charge is 0.334 e. The zero-order chi connectivity index (χ0) is 20.7. The Bertz CT molecular complexity index is 1450. The van der Waals surface area contributed by atoms with Gasteiger partial charge in [0, 0.05) is 34.1 Å². The number of aromatic amines is 1. The van der Waals surface area contributed by atoms with Gasteiger partial charge in [-0.1, -0.05) is 24.1 Å². The van der Waals surface area contributed by atoms with Crippen molar-refractivity contribution in [1.82, 2.24) is 24.1 Å². The second-order valence-corrected chi connectivity index (χ2v) is 7.35. The highest BCUT2D eigenvalue weighted by atomic mass is 79.9. The van der Waals surface area contributed by atoms with Crippen LogP contribution in [0, 0.1) is 18.8 Å². The molecule has 0 spiro atoms. The summed E-state index contributed by atoms with van der Waals surface area (Å²) in [7, 11) is 1.62. The Labute approximate surface area is 174 Å². The average Bonchev–Trinajstić information content (AvgIpc) is 3.04. The van der Waals surface area contributed by atoms with Crippen LogP contribution in [0.5, 0.6) is 0 Å². The number of H-pyrrole nitrogens is 1. The van der Waals surface area contributed by atoms with Gasteiger partial charge in [0.2, 0.25) is 0 Å². The number of aryl methyl sites for hydroxylation is 2. The van der Waals surface area contributed by atoms with Gasteiger partial charge in [-0.2, -0.15) is 4.57 Å². The summed E-state index contributed by atoms with van der Waals surface area (Å²) >= 11 is 3.41. The number of benzene rings is 1. The first-order valence-electron chi connectivity index (χ1n) is 8.95. The van der Waals surface area contributed by atoms with Crippen LogP contribution in [-0.4, -0.2) is 24.1 Å².